The van der Waals surface area contributed by atoms with Gasteiger partial charge >= 0.3 is 0 Å². The van der Waals surface area contributed by atoms with Crippen molar-refractivity contribution in [2.24, 2.45) is 12.8 Å². The molecular formula is C11H16N4OS. The third-order valence-electron chi connectivity index (χ3n) is 3.04. The Labute approximate surface area is 106 Å². The minimum Gasteiger partial charge on any atom is -0.392 e. The van der Waals surface area contributed by atoms with Gasteiger partial charge < -0.3 is 10.6 Å². The van der Waals surface area contributed by atoms with Crippen molar-refractivity contribution in [2.45, 2.75) is 25.3 Å². The maximum atomic E-state index is 12.3. The maximum Gasteiger partial charge on any atom is 0.257 e. The van der Waals surface area contributed by atoms with E-state index in [1.54, 1.807) is 29.0 Å². The number of likely N-dealkylation sites (tertiary alicyclic amines) is 1. The summed E-state index contributed by atoms with van der Waals surface area (Å²) in [5, 5.41) is 4.01. The Morgan fingerprint density at radius 2 is 2.35 bits per heavy atom. The van der Waals surface area contributed by atoms with Gasteiger partial charge in [0.2, 0.25) is 0 Å². The van der Waals surface area contributed by atoms with Crippen molar-refractivity contribution >= 4 is 23.1 Å². The number of nitrogens with zero attached hydrogens (tertiary/aromatic N) is 3. The fourth-order valence-electron chi connectivity index (χ4n) is 2.17. The molecule has 2 N–H and O–H groups in total. The van der Waals surface area contributed by atoms with Crippen molar-refractivity contribution in [3.63, 3.8) is 0 Å². The molecule has 1 amide bonds. The molecule has 1 unspecified atom stereocenters. The second-order valence-corrected chi connectivity index (χ2v) is 4.79. The highest BCUT2D eigenvalue weighted by Gasteiger charge is 2.29. The zero-order valence-electron chi connectivity index (χ0n) is 9.80. The summed E-state index contributed by atoms with van der Waals surface area (Å²) in [7, 11) is 1.79. The van der Waals surface area contributed by atoms with Crippen LogP contribution in [0.3, 0.4) is 0 Å². The van der Waals surface area contributed by atoms with Crippen LogP contribution in [-0.4, -0.2) is 38.2 Å². The van der Waals surface area contributed by atoms with E-state index in [0.717, 1.165) is 25.8 Å². The third-order valence-corrected chi connectivity index (χ3v) is 3.32. The van der Waals surface area contributed by atoms with Crippen LogP contribution in [0.15, 0.2) is 12.4 Å². The molecule has 92 valence electrons. The molecule has 5 nitrogen and oxygen atoms in total. The molecule has 0 aromatic carbocycles. The first kappa shape index (κ1) is 12.0. The molecule has 6 heteroatoms. The van der Waals surface area contributed by atoms with Gasteiger partial charge in [0, 0.05) is 19.8 Å². The number of nitrogens with two attached hydrogens (primary N) is 1. The summed E-state index contributed by atoms with van der Waals surface area (Å²) in [6.45, 7) is 0.718. The van der Waals surface area contributed by atoms with Crippen LogP contribution in [0.5, 0.6) is 0 Å². The van der Waals surface area contributed by atoms with E-state index in [1.807, 2.05) is 0 Å². The van der Waals surface area contributed by atoms with Crippen molar-refractivity contribution in [3.05, 3.63) is 18.0 Å². The Kier molecular flexibility index (Phi) is 3.42. The minimum atomic E-state index is -0.105. The van der Waals surface area contributed by atoms with E-state index < -0.39 is 0 Å². The largest absolute Gasteiger partial charge is 0.392 e. The van der Waals surface area contributed by atoms with Crippen LogP contribution in [0.4, 0.5) is 0 Å². The summed E-state index contributed by atoms with van der Waals surface area (Å²) in [6, 6.07) is -0.105. The topological polar surface area (TPSA) is 64.2 Å². The normalized spacial score (nSPS) is 20.3. The quantitative estimate of drug-likeness (QED) is 0.787. The molecule has 0 aliphatic carbocycles. The van der Waals surface area contributed by atoms with Crippen LogP contribution in [0.1, 0.15) is 29.6 Å². The summed E-state index contributed by atoms with van der Waals surface area (Å²) >= 11 is 5.03. The Bertz CT molecular complexity index is 442. The van der Waals surface area contributed by atoms with Crippen molar-refractivity contribution in [1.29, 1.82) is 0 Å². The maximum absolute atomic E-state index is 12.3. The molecule has 2 heterocycles. The second kappa shape index (κ2) is 4.83. The van der Waals surface area contributed by atoms with Crippen LogP contribution in [0.2, 0.25) is 0 Å². The predicted molar refractivity (Wildman–Crippen MR) is 68.7 cm³/mol. The molecule has 1 saturated heterocycles. The SMILES string of the molecule is Cn1cc(C(=O)N2CCCCC2C(N)=S)cn1. The number of piperidine rings is 1. The highest BCUT2D eigenvalue weighted by Crippen LogP contribution is 2.19. The number of hydrogen-bond acceptors (Lipinski definition) is 3. The monoisotopic (exact) mass is 252 g/mol. The molecule has 0 bridgehead atoms. The minimum absolute atomic E-state index is 0.0319. The molecule has 1 aliphatic heterocycles. The van der Waals surface area contributed by atoms with Crippen molar-refractivity contribution in [3.8, 4) is 0 Å². The lowest BCUT2D eigenvalue weighted by molar-refractivity contribution is 0.0681. The average Bonchev–Trinajstić information content (AvgIpc) is 2.75. The van der Waals surface area contributed by atoms with Gasteiger partial charge in [0.05, 0.1) is 22.8 Å². The lowest BCUT2D eigenvalue weighted by Gasteiger charge is -2.34. The Balaban J connectivity index is 2.19. The smallest absolute Gasteiger partial charge is 0.257 e. The first-order valence-corrected chi connectivity index (χ1v) is 6.09. The number of aryl methyl sites for hydroxylation is 1. The lowest BCUT2D eigenvalue weighted by atomic mass is 10.0. The van der Waals surface area contributed by atoms with Gasteiger partial charge in [-0.25, -0.2) is 0 Å². The summed E-state index contributed by atoms with van der Waals surface area (Å²) in [4.78, 5) is 14.5. The lowest BCUT2D eigenvalue weighted by Crippen LogP contribution is -2.49. The average molecular weight is 252 g/mol. The number of rotatable bonds is 2. The molecule has 1 aromatic heterocycles. The van der Waals surface area contributed by atoms with Crippen LogP contribution in [0.25, 0.3) is 0 Å². The van der Waals surface area contributed by atoms with Gasteiger partial charge in [0.25, 0.3) is 5.91 Å². The van der Waals surface area contributed by atoms with E-state index in [4.69, 9.17) is 18.0 Å². The van der Waals surface area contributed by atoms with E-state index in [9.17, 15) is 4.79 Å². The van der Waals surface area contributed by atoms with Gasteiger partial charge in [-0.1, -0.05) is 12.2 Å². The zero-order valence-corrected chi connectivity index (χ0v) is 10.6. The number of hydrogen-bond donors (Lipinski definition) is 1. The van der Waals surface area contributed by atoms with Crippen molar-refractivity contribution in [1.82, 2.24) is 14.7 Å². The first-order valence-electron chi connectivity index (χ1n) is 5.68. The number of amides is 1. The molecular weight excluding hydrogens is 236 g/mol. The highest BCUT2D eigenvalue weighted by atomic mass is 32.1. The summed E-state index contributed by atoms with van der Waals surface area (Å²) in [5.74, 6) is -0.0319. The molecule has 2 rings (SSSR count). The number of aromatic nitrogens is 2. The van der Waals surface area contributed by atoms with Gasteiger partial charge in [-0.15, -0.1) is 0 Å². The Morgan fingerprint density at radius 3 is 2.94 bits per heavy atom. The van der Waals surface area contributed by atoms with Gasteiger partial charge in [0.1, 0.15) is 0 Å². The Morgan fingerprint density at radius 1 is 1.59 bits per heavy atom. The Hall–Kier alpha value is -1.43. The van der Waals surface area contributed by atoms with E-state index in [-0.39, 0.29) is 11.9 Å². The first-order chi connectivity index (χ1) is 8.09. The zero-order chi connectivity index (χ0) is 12.4. The molecule has 17 heavy (non-hydrogen) atoms. The number of thiocarbonyl (C=S) groups is 1. The van der Waals surface area contributed by atoms with Gasteiger partial charge in [-0.05, 0) is 19.3 Å². The van der Waals surface area contributed by atoms with Crippen molar-refractivity contribution in [2.75, 3.05) is 6.54 Å². The van der Waals surface area contributed by atoms with Gasteiger partial charge in [0.15, 0.2) is 0 Å². The summed E-state index contributed by atoms with van der Waals surface area (Å²) < 4.78 is 1.62. The molecule has 1 aromatic rings. The molecule has 0 radical (unpaired) electrons. The summed E-state index contributed by atoms with van der Waals surface area (Å²) in [5.41, 5.74) is 6.29. The van der Waals surface area contributed by atoms with Crippen molar-refractivity contribution < 1.29 is 4.79 Å². The third kappa shape index (κ3) is 2.46. The van der Waals surface area contributed by atoms with Gasteiger partial charge in [-0.2, -0.15) is 5.10 Å². The fraction of sp³-hybridized carbons (Fsp3) is 0.545. The van der Waals surface area contributed by atoms with E-state index in [0.29, 0.717) is 10.6 Å². The molecule has 0 spiro atoms. The second-order valence-electron chi connectivity index (χ2n) is 4.32. The molecule has 1 atom stereocenters. The summed E-state index contributed by atoms with van der Waals surface area (Å²) in [6.07, 6.45) is 6.23. The fourth-order valence-corrected chi connectivity index (χ4v) is 2.41. The van der Waals surface area contributed by atoms with Crippen LogP contribution >= 0.6 is 12.2 Å². The number of carbonyl (C=O) groups excluding carboxylic acids is 1. The van der Waals surface area contributed by atoms with Crippen LogP contribution < -0.4 is 5.73 Å². The van der Waals surface area contributed by atoms with Gasteiger partial charge in [-0.3, -0.25) is 9.48 Å². The van der Waals surface area contributed by atoms with E-state index in [1.165, 1.54) is 0 Å². The van der Waals surface area contributed by atoms with E-state index in [2.05, 4.69) is 5.10 Å². The standard InChI is InChI=1S/C11H16N4OS/c1-14-7-8(6-13-14)11(16)15-5-3-2-4-9(15)10(12)17/h6-7,9H,2-5H2,1H3,(H2,12,17). The predicted octanol–water partition coefficient (Wildman–Crippen LogP) is 0.701. The molecule has 1 fully saturated rings. The van der Waals surface area contributed by atoms with Crippen LogP contribution in [0, 0.1) is 0 Å². The van der Waals surface area contributed by atoms with Crippen LogP contribution in [-0.2, 0) is 7.05 Å². The number of carbonyl (C=O) groups is 1. The van der Waals surface area contributed by atoms with E-state index >= 15 is 0 Å². The molecule has 1 aliphatic rings. The highest BCUT2D eigenvalue weighted by molar-refractivity contribution is 7.80. The molecule has 0 saturated carbocycles.